The highest BCUT2D eigenvalue weighted by Gasteiger charge is 2.20. The van der Waals surface area contributed by atoms with E-state index in [0.29, 0.717) is 35.8 Å². The van der Waals surface area contributed by atoms with Crippen molar-refractivity contribution in [1.82, 2.24) is 4.31 Å². The number of hydrogen-bond acceptors (Lipinski definition) is 5. The second kappa shape index (κ2) is 10.3. The topological polar surface area (TPSA) is 84.9 Å². The number of aryl methyl sites for hydroxylation is 1. The van der Waals surface area contributed by atoms with E-state index < -0.39 is 10.0 Å². The first-order valence-corrected chi connectivity index (χ1v) is 11.0. The molecule has 0 aromatic heterocycles. The third kappa shape index (κ3) is 5.40. The number of carbonyl (C=O) groups excluding carboxylic acids is 1. The number of hydrogen-bond donors (Lipinski definition) is 1. The second-order valence-corrected chi connectivity index (χ2v) is 8.44. The molecule has 0 fully saturated rings. The van der Waals surface area contributed by atoms with Gasteiger partial charge in [0.15, 0.2) is 11.5 Å². The van der Waals surface area contributed by atoms with Crippen LogP contribution >= 0.6 is 0 Å². The van der Waals surface area contributed by atoms with Gasteiger partial charge in [-0.15, -0.1) is 0 Å². The molecule has 0 saturated heterocycles. The Hall–Kier alpha value is -2.84. The van der Waals surface area contributed by atoms with E-state index in [1.807, 2.05) is 6.92 Å². The van der Waals surface area contributed by atoms with E-state index in [4.69, 9.17) is 9.47 Å². The van der Waals surface area contributed by atoms with E-state index in [2.05, 4.69) is 5.32 Å². The molecule has 7 nitrogen and oxygen atoms in total. The lowest BCUT2D eigenvalue weighted by molar-refractivity contribution is -0.111. The van der Waals surface area contributed by atoms with Crippen LogP contribution in [0.15, 0.2) is 47.4 Å². The fourth-order valence-corrected chi connectivity index (χ4v) is 4.38. The summed E-state index contributed by atoms with van der Waals surface area (Å²) < 4.78 is 37.0. The highest BCUT2D eigenvalue weighted by atomic mass is 32.2. The second-order valence-electron chi connectivity index (χ2n) is 6.50. The molecule has 0 atom stereocenters. The summed E-state index contributed by atoms with van der Waals surface area (Å²) in [6.07, 6.45) is 3.02. The van der Waals surface area contributed by atoms with Crippen LogP contribution in [0, 0.1) is 6.92 Å². The lowest BCUT2D eigenvalue weighted by Gasteiger charge is -2.18. The molecule has 0 unspecified atom stereocenters. The Morgan fingerprint density at radius 2 is 1.60 bits per heavy atom. The van der Waals surface area contributed by atoms with Crippen LogP contribution in [-0.4, -0.2) is 45.9 Å². The van der Waals surface area contributed by atoms with Crippen molar-refractivity contribution < 1.29 is 22.7 Å². The van der Waals surface area contributed by atoms with Gasteiger partial charge in [0, 0.05) is 30.9 Å². The maximum atomic E-state index is 12.5. The Morgan fingerprint density at radius 1 is 1.03 bits per heavy atom. The predicted molar refractivity (Wildman–Crippen MR) is 118 cm³/mol. The van der Waals surface area contributed by atoms with Gasteiger partial charge >= 0.3 is 0 Å². The Bertz CT molecular complexity index is 1010. The van der Waals surface area contributed by atoms with E-state index in [-0.39, 0.29) is 10.8 Å². The lowest BCUT2D eigenvalue weighted by atomic mass is 10.1. The fourth-order valence-electron chi connectivity index (χ4n) is 2.93. The molecule has 0 heterocycles. The highest BCUT2D eigenvalue weighted by Crippen LogP contribution is 2.32. The zero-order valence-electron chi connectivity index (χ0n) is 17.9. The number of amides is 1. The molecule has 2 rings (SSSR count). The minimum absolute atomic E-state index is 0.230. The van der Waals surface area contributed by atoms with Crippen LogP contribution in [0.5, 0.6) is 11.5 Å². The molecule has 1 amide bonds. The van der Waals surface area contributed by atoms with E-state index in [9.17, 15) is 13.2 Å². The smallest absolute Gasteiger partial charge is 0.248 e. The van der Waals surface area contributed by atoms with Gasteiger partial charge in [-0.2, -0.15) is 4.31 Å². The van der Waals surface area contributed by atoms with E-state index in [0.717, 1.165) is 5.56 Å². The summed E-state index contributed by atoms with van der Waals surface area (Å²) in [5, 5.41) is 2.81. The number of rotatable bonds is 9. The molecule has 0 spiro atoms. The summed E-state index contributed by atoms with van der Waals surface area (Å²) in [5.41, 5.74) is 2.16. The first-order valence-electron chi connectivity index (χ1n) is 9.58. The number of ether oxygens (including phenoxy) is 2. The summed E-state index contributed by atoms with van der Waals surface area (Å²) in [4.78, 5) is 12.5. The van der Waals surface area contributed by atoms with Crippen LogP contribution in [0.2, 0.25) is 0 Å². The van der Waals surface area contributed by atoms with Gasteiger partial charge in [-0.3, -0.25) is 4.79 Å². The average molecular weight is 433 g/mol. The van der Waals surface area contributed by atoms with Crippen molar-refractivity contribution in [1.29, 1.82) is 0 Å². The Morgan fingerprint density at radius 3 is 2.13 bits per heavy atom. The van der Waals surface area contributed by atoms with Crippen LogP contribution in [-0.2, 0) is 14.8 Å². The van der Waals surface area contributed by atoms with Crippen LogP contribution in [0.3, 0.4) is 0 Å². The van der Waals surface area contributed by atoms with Crippen molar-refractivity contribution in [3.05, 3.63) is 53.6 Å². The van der Waals surface area contributed by atoms with E-state index >= 15 is 0 Å². The van der Waals surface area contributed by atoms with Gasteiger partial charge in [-0.1, -0.05) is 26.0 Å². The number of carbonyl (C=O) groups is 1. The third-order valence-electron chi connectivity index (χ3n) is 4.64. The number of nitrogens with zero attached hydrogens (tertiary/aromatic N) is 1. The average Bonchev–Trinajstić information content (AvgIpc) is 2.74. The Kier molecular flexibility index (Phi) is 8.02. The summed E-state index contributed by atoms with van der Waals surface area (Å²) in [7, 11) is -0.416. The quantitative estimate of drug-likeness (QED) is 0.611. The molecule has 0 aliphatic carbocycles. The number of anilines is 1. The SMILES string of the molecule is CCN(CC)S(=O)(=O)c1ccc(C=CC(=O)Nc2cc(OC)c(OC)cc2C)cc1. The molecule has 2 aromatic rings. The maximum absolute atomic E-state index is 12.5. The van der Waals surface area contributed by atoms with Gasteiger partial charge in [-0.25, -0.2) is 8.42 Å². The first-order chi connectivity index (χ1) is 14.3. The van der Waals surface area contributed by atoms with Gasteiger partial charge in [0.05, 0.1) is 19.1 Å². The van der Waals surface area contributed by atoms with Crippen LogP contribution in [0.25, 0.3) is 6.08 Å². The molecule has 8 heteroatoms. The molecule has 2 aromatic carbocycles. The van der Waals surface area contributed by atoms with E-state index in [1.165, 1.54) is 17.5 Å². The maximum Gasteiger partial charge on any atom is 0.248 e. The van der Waals surface area contributed by atoms with Crippen molar-refractivity contribution in [3.8, 4) is 11.5 Å². The van der Waals surface area contributed by atoms with Gasteiger partial charge in [0.1, 0.15) is 0 Å². The third-order valence-corrected chi connectivity index (χ3v) is 6.70. The van der Waals surface area contributed by atoms with Crippen molar-refractivity contribution in [2.75, 3.05) is 32.6 Å². The normalized spacial score (nSPS) is 11.7. The van der Waals surface area contributed by atoms with E-state index in [1.54, 1.807) is 63.4 Å². The van der Waals surface area contributed by atoms with Crippen LogP contribution in [0.1, 0.15) is 25.0 Å². The van der Waals surface area contributed by atoms with Gasteiger partial charge in [0.25, 0.3) is 0 Å². The van der Waals surface area contributed by atoms with Crippen molar-refractivity contribution in [3.63, 3.8) is 0 Å². The Labute approximate surface area is 178 Å². The summed E-state index contributed by atoms with van der Waals surface area (Å²) in [6.45, 7) is 6.29. The molecule has 0 aliphatic rings. The van der Waals surface area contributed by atoms with Gasteiger partial charge in [0.2, 0.25) is 15.9 Å². The molecule has 30 heavy (non-hydrogen) atoms. The predicted octanol–water partition coefficient (Wildman–Crippen LogP) is 3.69. The number of sulfonamides is 1. The molecule has 162 valence electrons. The summed E-state index contributed by atoms with van der Waals surface area (Å²) >= 11 is 0. The zero-order valence-corrected chi connectivity index (χ0v) is 18.7. The minimum atomic E-state index is -3.50. The molecule has 0 aliphatic heterocycles. The highest BCUT2D eigenvalue weighted by molar-refractivity contribution is 7.89. The number of nitrogens with one attached hydrogen (secondary N) is 1. The largest absolute Gasteiger partial charge is 0.493 e. The number of methoxy groups -OCH3 is 2. The summed E-state index contributed by atoms with van der Waals surface area (Å²) in [6, 6.07) is 9.91. The zero-order chi connectivity index (χ0) is 22.3. The monoisotopic (exact) mass is 432 g/mol. The van der Waals surface area contributed by atoms with Crippen LogP contribution in [0.4, 0.5) is 5.69 Å². The molecule has 0 radical (unpaired) electrons. The van der Waals surface area contributed by atoms with Crippen molar-refractivity contribution in [2.45, 2.75) is 25.7 Å². The van der Waals surface area contributed by atoms with Crippen molar-refractivity contribution >= 4 is 27.7 Å². The molecule has 1 N–H and O–H groups in total. The van der Waals surface area contributed by atoms with Crippen LogP contribution < -0.4 is 14.8 Å². The molecular formula is C22H28N2O5S. The van der Waals surface area contributed by atoms with Gasteiger partial charge in [-0.05, 0) is 42.3 Å². The fraction of sp³-hybridized carbons (Fsp3) is 0.318. The number of benzene rings is 2. The standard InChI is InChI=1S/C22H28N2O5S/c1-6-24(7-2)30(26,27)18-11-8-17(9-12-18)10-13-22(25)23-19-15-21(29-5)20(28-4)14-16(19)3/h8-15H,6-7H2,1-5H3,(H,23,25). The van der Waals surface area contributed by atoms with Crippen molar-refractivity contribution in [2.24, 2.45) is 0 Å². The molecular weight excluding hydrogens is 404 g/mol. The van der Waals surface area contributed by atoms with Gasteiger partial charge < -0.3 is 14.8 Å². The Balaban J connectivity index is 2.12. The molecule has 0 saturated carbocycles. The minimum Gasteiger partial charge on any atom is -0.493 e. The molecule has 0 bridgehead atoms. The first kappa shape index (κ1) is 23.4. The summed E-state index contributed by atoms with van der Waals surface area (Å²) in [5.74, 6) is 0.792. The lowest BCUT2D eigenvalue weighted by Crippen LogP contribution is -2.30.